The van der Waals surface area contributed by atoms with Crippen molar-refractivity contribution in [1.29, 1.82) is 0 Å². The Morgan fingerprint density at radius 2 is 2.14 bits per heavy atom. The van der Waals surface area contributed by atoms with Gasteiger partial charge < -0.3 is 14.3 Å². The number of hydrogen-bond donors (Lipinski definition) is 1. The molecule has 0 atom stereocenters. The van der Waals surface area contributed by atoms with Crippen molar-refractivity contribution in [2.24, 2.45) is 0 Å². The molecule has 1 fully saturated rings. The maximum atomic E-state index is 12.2. The van der Waals surface area contributed by atoms with Gasteiger partial charge in [-0.3, -0.25) is 9.69 Å². The average Bonchev–Trinajstić information content (AvgIpc) is 3.21. The molecule has 22 heavy (non-hydrogen) atoms. The predicted molar refractivity (Wildman–Crippen MR) is 81.8 cm³/mol. The second-order valence-corrected chi connectivity index (χ2v) is 5.67. The normalized spacial score (nSPS) is 15.4. The molecular formula is C16H21N3O3. The van der Waals surface area contributed by atoms with Crippen LogP contribution in [0.1, 0.15) is 47.4 Å². The summed E-state index contributed by atoms with van der Waals surface area (Å²) in [6.07, 6.45) is 3.27. The molecule has 1 N–H and O–H groups in total. The van der Waals surface area contributed by atoms with E-state index in [0.717, 1.165) is 37.4 Å². The minimum atomic E-state index is -0.296. The minimum absolute atomic E-state index is 0.296. The smallest absolute Gasteiger partial charge is 0.292 e. The van der Waals surface area contributed by atoms with Gasteiger partial charge in [-0.05, 0) is 38.9 Å². The van der Waals surface area contributed by atoms with Crippen molar-refractivity contribution in [2.75, 3.05) is 18.4 Å². The lowest BCUT2D eigenvalue weighted by Gasteiger charge is -2.13. The van der Waals surface area contributed by atoms with Crippen molar-refractivity contribution in [3.8, 4) is 0 Å². The van der Waals surface area contributed by atoms with Gasteiger partial charge >= 0.3 is 0 Å². The highest BCUT2D eigenvalue weighted by atomic mass is 16.5. The number of hydrogen-bond acceptors (Lipinski definition) is 5. The highest BCUT2D eigenvalue weighted by molar-refractivity contribution is 6.01. The standard InChI is InChI=1S/C16H21N3O3/c1-3-13-12(10-19-6-4-5-7-19)9-14(21-13)16(20)17-15-8-11(2)22-18-15/h8-9H,3-7,10H2,1-2H3,(H,17,18,20). The molecule has 3 rings (SSSR count). The number of carbonyl (C=O) groups excluding carboxylic acids is 1. The van der Waals surface area contributed by atoms with Gasteiger partial charge in [0.25, 0.3) is 5.91 Å². The molecule has 0 aliphatic carbocycles. The minimum Gasteiger partial charge on any atom is -0.456 e. The van der Waals surface area contributed by atoms with Gasteiger partial charge in [-0.2, -0.15) is 0 Å². The van der Waals surface area contributed by atoms with Crippen LogP contribution in [-0.4, -0.2) is 29.1 Å². The third-order valence-electron chi connectivity index (χ3n) is 3.90. The molecule has 1 amide bonds. The van der Waals surface area contributed by atoms with E-state index in [1.165, 1.54) is 12.8 Å². The van der Waals surface area contributed by atoms with E-state index < -0.39 is 0 Å². The number of aromatic nitrogens is 1. The number of furan rings is 1. The van der Waals surface area contributed by atoms with Gasteiger partial charge in [0, 0.05) is 24.6 Å². The number of amides is 1. The molecule has 0 unspecified atom stereocenters. The van der Waals surface area contributed by atoms with E-state index in [0.29, 0.717) is 17.3 Å². The van der Waals surface area contributed by atoms with Gasteiger partial charge in [-0.1, -0.05) is 12.1 Å². The molecule has 6 heteroatoms. The summed E-state index contributed by atoms with van der Waals surface area (Å²) in [5.41, 5.74) is 1.10. The molecule has 0 bridgehead atoms. The van der Waals surface area contributed by atoms with Crippen molar-refractivity contribution in [3.05, 3.63) is 35.0 Å². The van der Waals surface area contributed by atoms with Crippen LogP contribution in [0.5, 0.6) is 0 Å². The molecule has 1 saturated heterocycles. The molecular weight excluding hydrogens is 282 g/mol. The number of nitrogens with zero attached hydrogens (tertiary/aromatic N) is 2. The molecule has 2 aromatic heterocycles. The molecule has 6 nitrogen and oxygen atoms in total. The molecule has 0 radical (unpaired) electrons. The zero-order valence-electron chi connectivity index (χ0n) is 13.0. The molecule has 0 spiro atoms. The molecule has 1 aliphatic rings. The van der Waals surface area contributed by atoms with Crippen LogP contribution in [0.25, 0.3) is 0 Å². The number of anilines is 1. The first-order valence-electron chi connectivity index (χ1n) is 7.74. The third kappa shape index (κ3) is 3.22. The van der Waals surface area contributed by atoms with Crippen LogP contribution in [0, 0.1) is 6.92 Å². The topological polar surface area (TPSA) is 71.5 Å². The SMILES string of the molecule is CCc1oc(C(=O)Nc2cc(C)on2)cc1CN1CCCC1. The van der Waals surface area contributed by atoms with Crippen molar-refractivity contribution >= 4 is 11.7 Å². The average molecular weight is 303 g/mol. The van der Waals surface area contributed by atoms with Gasteiger partial charge in [-0.25, -0.2) is 0 Å². The summed E-state index contributed by atoms with van der Waals surface area (Å²) >= 11 is 0. The van der Waals surface area contributed by atoms with Crippen LogP contribution in [0.3, 0.4) is 0 Å². The summed E-state index contributed by atoms with van der Waals surface area (Å²) in [5, 5.41) is 6.44. The van der Waals surface area contributed by atoms with Crippen molar-refractivity contribution in [2.45, 2.75) is 39.7 Å². The van der Waals surface area contributed by atoms with Gasteiger partial charge in [0.05, 0.1) is 0 Å². The van der Waals surface area contributed by atoms with E-state index in [9.17, 15) is 4.79 Å². The molecule has 118 valence electrons. The second-order valence-electron chi connectivity index (χ2n) is 5.67. The zero-order valence-corrected chi connectivity index (χ0v) is 13.0. The van der Waals surface area contributed by atoms with Crippen molar-refractivity contribution < 1.29 is 13.7 Å². The first-order valence-corrected chi connectivity index (χ1v) is 7.74. The van der Waals surface area contributed by atoms with Crippen molar-refractivity contribution in [1.82, 2.24) is 10.1 Å². The first kappa shape index (κ1) is 14.8. The van der Waals surface area contributed by atoms with E-state index in [1.807, 2.05) is 13.0 Å². The second kappa shape index (κ2) is 6.36. The summed E-state index contributed by atoms with van der Waals surface area (Å²) in [7, 11) is 0. The van der Waals surface area contributed by atoms with Crippen molar-refractivity contribution in [3.63, 3.8) is 0 Å². The molecule has 1 aliphatic heterocycles. The van der Waals surface area contributed by atoms with Gasteiger partial charge in [0.1, 0.15) is 11.5 Å². The monoisotopic (exact) mass is 303 g/mol. The number of rotatable bonds is 5. The van der Waals surface area contributed by atoms with Crippen LogP contribution in [-0.2, 0) is 13.0 Å². The van der Waals surface area contributed by atoms with Crippen LogP contribution in [0.15, 0.2) is 21.1 Å². The van der Waals surface area contributed by atoms with Gasteiger partial charge in [0.2, 0.25) is 0 Å². The fraction of sp³-hybridized carbons (Fsp3) is 0.500. The zero-order chi connectivity index (χ0) is 15.5. The first-order chi connectivity index (χ1) is 10.7. The fourth-order valence-corrected chi connectivity index (χ4v) is 2.80. The van der Waals surface area contributed by atoms with E-state index in [-0.39, 0.29) is 5.91 Å². The Kier molecular flexibility index (Phi) is 4.29. The fourth-order valence-electron chi connectivity index (χ4n) is 2.80. The number of nitrogens with one attached hydrogen (secondary N) is 1. The predicted octanol–water partition coefficient (Wildman–Crippen LogP) is 2.99. The van der Waals surface area contributed by atoms with E-state index in [4.69, 9.17) is 8.94 Å². The lowest BCUT2D eigenvalue weighted by molar-refractivity contribution is 0.0994. The molecule has 0 aromatic carbocycles. The number of carbonyl (C=O) groups is 1. The van der Waals surface area contributed by atoms with Crippen LogP contribution < -0.4 is 5.32 Å². The van der Waals surface area contributed by atoms with Crippen LogP contribution >= 0.6 is 0 Å². The van der Waals surface area contributed by atoms with E-state index in [1.54, 1.807) is 13.0 Å². The largest absolute Gasteiger partial charge is 0.456 e. The van der Waals surface area contributed by atoms with E-state index in [2.05, 4.69) is 15.4 Å². The Balaban J connectivity index is 1.72. The summed E-state index contributed by atoms with van der Waals surface area (Å²) in [6.45, 7) is 6.90. The van der Waals surface area contributed by atoms with Crippen LogP contribution in [0.2, 0.25) is 0 Å². The maximum Gasteiger partial charge on any atom is 0.292 e. The Morgan fingerprint density at radius 3 is 2.77 bits per heavy atom. The Labute approximate surface area is 129 Å². The molecule has 0 saturated carbocycles. The summed E-state index contributed by atoms with van der Waals surface area (Å²) < 4.78 is 10.7. The number of aryl methyl sites for hydroxylation is 2. The maximum absolute atomic E-state index is 12.2. The summed E-state index contributed by atoms with van der Waals surface area (Å²) in [4.78, 5) is 14.6. The summed E-state index contributed by atoms with van der Waals surface area (Å²) in [5.74, 6) is 1.97. The van der Waals surface area contributed by atoms with E-state index >= 15 is 0 Å². The quantitative estimate of drug-likeness (QED) is 0.919. The van der Waals surface area contributed by atoms with Crippen LogP contribution in [0.4, 0.5) is 5.82 Å². The number of likely N-dealkylation sites (tertiary alicyclic amines) is 1. The summed E-state index contributed by atoms with van der Waals surface area (Å²) in [6, 6.07) is 3.52. The molecule has 3 heterocycles. The third-order valence-corrected chi connectivity index (χ3v) is 3.90. The Morgan fingerprint density at radius 1 is 1.36 bits per heavy atom. The lowest BCUT2D eigenvalue weighted by atomic mass is 10.2. The molecule has 2 aromatic rings. The lowest BCUT2D eigenvalue weighted by Crippen LogP contribution is -2.18. The Hall–Kier alpha value is -2.08. The van der Waals surface area contributed by atoms with Gasteiger partial charge in [0.15, 0.2) is 11.6 Å². The highest BCUT2D eigenvalue weighted by Gasteiger charge is 2.20. The Bertz CT molecular complexity index is 653. The highest BCUT2D eigenvalue weighted by Crippen LogP contribution is 2.21. The van der Waals surface area contributed by atoms with Gasteiger partial charge in [-0.15, -0.1) is 0 Å².